The van der Waals surface area contributed by atoms with E-state index in [0.29, 0.717) is 9.90 Å². The molecule has 7 heteroatoms. The lowest BCUT2D eigenvalue weighted by molar-refractivity contribution is -0.119. The van der Waals surface area contributed by atoms with Crippen LogP contribution in [0.1, 0.15) is 24.8 Å². The van der Waals surface area contributed by atoms with E-state index in [4.69, 9.17) is 11.6 Å². The molecule has 0 saturated carbocycles. The van der Waals surface area contributed by atoms with Crippen LogP contribution in [0, 0.1) is 5.92 Å². The van der Waals surface area contributed by atoms with Gasteiger partial charge in [0.25, 0.3) is 5.91 Å². The maximum atomic E-state index is 12.7. The second-order valence-corrected chi connectivity index (χ2v) is 7.42. The zero-order valence-corrected chi connectivity index (χ0v) is 15.1. The van der Waals surface area contributed by atoms with Crippen LogP contribution in [-0.4, -0.2) is 21.9 Å². The van der Waals surface area contributed by atoms with Gasteiger partial charge < -0.3 is 10.2 Å². The molecular formula is C18H16ClNO4S. The fourth-order valence-corrected chi connectivity index (χ4v) is 3.81. The van der Waals surface area contributed by atoms with Crippen LogP contribution in [-0.2, 0) is 9.59 Å². The standard InChI is InChI=1S/C18H16ClNO4S/c1-9(2)16(22)14-15(13-4-3-7-25-13)20(18(24)17(14)23)11-8-10(19)5-6-12(11)21/h3-9,15,21,23H,1-2H3. The van der Waals surface area contributed by atoms with Crippen molar-refractivity contribution in [2.45, 2.75) is 19.9 Å². The Morgan fingerprint density at radius 3 is 2.60 bits per heavy atom. The summed E-state index contributed by atoms with van der Waals surface area (Å²) in [5.41, 5.74) is 0.191. The third-order valence-corrected chi connectivity index (χ3v) is 5.17. The van der Waals surface area contributed by atoms with Gasteiger partial charge in [0.1, 0.15) is 11.8 Å². The Hall–Kier alpha value is -2.31. The molecular weight excluding hydrogens is 362 g/mol. The molecule has 1 aromatic carbocycles. The topological polar surface area (TPSA) is 77.8 Å². The van der Waals surface area contributed by atoms with Crippen LogP contribution in [0.2, 0.25) is 5.02 Å². The number of aromatic hydroxyl groups is 1. The summed E-state index contributed by atoms with van der Waals surface area (Å²) in [7, 11) is 0. The van der Waals surface area contributed by atoms with Gasteiger partial charge in [-0.25, -0.2) is 0 Å². The van der Waals surface area contributed by atoms with E-state index in [9.17, 15) is 19.8 Å². The van der Waals surface area contributed by atoms with Crippen LogP contribution in [0.4, 0.5) is 5.69 Å². The van der Waals surface area contributed by atoms with Crippen LogP contribution in [0.25, 0.3) is 0 Å². The van der Waals surface area contributed by atoms with Gasteiger partial charge in [-0.15, -0.1) is 11.3 Å². The van der Waals surface area contributed by atoms with Gasteiger partial charge >= 0.3 is 0 Å². The Morgan fingerprint density at radius 2 is 2.00 bits per heavy atom. The van der Waals surface area contributed by atoms with Crippen molar-refractivity contribution >= 4 is 40.3 Å². The second-order valence-electron chi connectivity index (χ2n) is 6.01. The molecule has 0 bridgehead atoms. The lowest BCUT2D eigenvalue weighted by Crippen LogP contribution is -2.31. The molecule has 1 aliphatic rings. The Labute approximate surface area is 153 Å². The fourth-order valence-electron chi connectivity index (χ4n) is 2.82. The first-order valence-corrected chi connectivity index (χ1v) is 8.91. The summed E-state index contributed by atoms with van der Waals surface area (Å²) in [6.45, 7) is 3.41. The fraction of sp³-hybridized carbons (Fsp3) is 0.222. The average Bonchev–Trinajstić information content (AvgIpc) is 3.17. The number of Topliss-reactive ketones (excluding diaryl/α,β-unsaturated/α-hetero) is 1. The van der Waals surface area contributed by atoms with Gasteiger partial charge in [0.15, 0.2) is 11.5 Å². The van der Waals surface area contributed by atoms with Gasteiger partial charge in [0.2, 0.25) is 0 Å². The highest BCUT2D eigenvalue weighted by molar-refractivity contribution is 7.10. The lowest BCUT2D eigenvalue weighted by Gasteiger charge is -2.26. The lowest BCUT2D eigenvalue weighted by atomic mass is 9.94. The van der Waals surface area contributed by atoms with Crippen molar-refractivity contribution in [1.82, 2.24) is 0 Å². The van der Waals surface area contributed by atoms with Crippen molar-refractivity contribution in [3.63, 3.8) is 0 Å². The van der Waals surface area contributed by atoms with E-state index in [1.54, 1.807) is 26.0 Å². The molecule has 2 aromatic rings. The highest BCUT2D eigenvalue weighted by Crippen LogP contribution is 2.46. The number of hydrogen-bond acceptors (Lipinski definition) is 5. The Morgan fingerprint density at radius 1 is 1.28 bits per heavy atom. The summed E-state index contributed by atoms with van der Waals surface area (Å²) in [5.74, 6) is -2.18. The third-order valence-electron chi connectivity index (χ3n) is 4.01. The molecule has 0 saturated heterocycles. The number of carbonyl (C=O) groups is 2. The molecule has 0 radical (unpaired) electrons. The number of aliphatic hydroxyl groups excluding tert-OH is 1. The molecule has 130 valence electrons. The number of phenolic OH excluding ortho intramolecular Hbond substituents is 1. The van der Waals surface area contributed by atoms with E-state index in [-0.39, 0.29) is 28.7 Å². The summed E-state index contributed by atoms with van der Waals surface area (Å²) < 4.78 is 0. The van der Waals surface area contributed by atoms with Crippen molar-refractivity contribution in [2.24, 2.45) is 5.92 Å². The molecule has 25 heavy (non-hydrogen) atoms. The summed E-state index contributed by atoms with van der Waals surface area (Å²) in [6, 6.07) is 7.08. The number of halogens is 1. The molecule has 1 unspecified atom stereocenters. The number of amides is 1. The maximum absolute atomic E-state index is 12.7. The number of carbonyl (C=O) groups excluding carboxylic acids is 2. The van der Waals surface area contributed by atoms with E-state index < -0.39 is 17.7 Å². The van der Waals surface area contributed by atoms with Gasteiger partial charge in [-0.3, -0.25) is 14.5 Å². The van der Waals surface area contributed by atoms with Crippen molar-refractivity contribution in [3.05, 3.63) is 56.9 Å². The van der Waals surface area contributed by atoms with Gasteiger partial charge in [0, 0.05) is 15.8 Å². The first-order valence-electron chi connectivity index (χ1n) is 7.65. The number of aliphatic hydroxyl groups is 1. The predicted octanol–water partition coefficient (Wildman–Crippen LogP) is 4.23. The monoisotopic (exact) mass is 377 g/mol. The summed E-state index contributed by atoms with van der Waals surface area (Å²) in [5, 5.41) is 22.8. The third kappa shape index (κ3) is 2.92. The smallest absolute Gasteiger partial charge is 0.294 e. The highest BCUT2D eigenvalue weighted by Gasteiger charge is 2.46. The van der Waals surface area contributed by atoms with E-state index in [1.807, 2.05) is 5.38 Å². The quantitative estimate of drug-likeness (QED) is 0.835. The molecule has 1 atom stereocenters. The maximum Gasteiger partial charge on any atom is 0.294 e. The van der Waals surface area contributed by atoms with Gasteiger partial charge in [-0.2, -0.15) is 0 Å². The van der Waals surface area contributed by atoms with Gasteiger partial charge in [-0.1, -0.05) is 31.5 Å². The Bertz CT molecular complexity index is 873. The van der Waals surface area contributed by atoms with Crippen LogP contribution < -0.4 is 4.90 Å². The van der Waals surface area contributed by atoms with E-state index >= 15 is 0 Å². The van der Waals surface area contributed by atoms with Crippen molar-refractivity contribution in [2.75, 3.05) is 4.90 Å². The minimum Gasteiger partial charge on any atom is -0.506 e. The van der Waals surface area contributed by atoms with Crippen molar-refractivity contribution in [1.29, 1.82) is 0 Å². The normalized spacial score (nSPS) is 17.7. The van der Waals surface area contributed by atoms with Crippen LogP contribution in [0.5, 0.6) is 5.75 Å². The van der Waals surface area contributed by atoms with E-state index in [1.165, 1.54) is 34.4 Å². The summed E-state index contributed by atoms with van der Waals surface area (Å²) >= 11 is 7.37. The molecule has 1 aromatic heterocycles. The molecule has 1 amide bonds. The summed E-state index contributed by atoms with van der Waals surface area (Å²) in [4.78, 5) is 27.3. The molecule has 0 spiro atoms. The number of benzene rings is 1. The zero-order valence-electron chi connectivity index (χ0n) is 13.6. The SMILES string of the molecule is CC(C)C(=O)C1=C(O)C(=O)N(c2cc(Cl)ccc2O)C1c1cccs1. The minimum absolute atomic E-state index is 0.0434. The number of nitrogens with zero attached hydrogens (tertiary/aromatic N) is 1. The molecule has 5 nitrogen and oxygen atoms in total. The molecule has 3 rings (SSSR count). The largest absolute Gasteiger partial charge is 0.506 e. The first kappa shape index (κ1) is 17.5. The first-order chi connectivity index (χ1) is 11.8. The molecule has 2 heterocycles. The number of thiophene rings is 1. The Kier molecular flexibility index (Phi) is 4.58. The van der Waals surface area contributed by atoms with Gasteiger partial charge in [0.05, 0.1) is 11.3 Å². The minimum atomic E-state index is -0.799. The van der Waals surface area contributed by atoms with Crippen molar-refractivity contribution in [3.8, 4) is 5.75 Å². The Balaban J connectivity index is 2.21. The molecule has 0 fully saturated rings. The van der Waals surface area contributed by atoms with Crippen molar-refractivity contribution < 1.29 is 19.8 Å². The molecule has 2 N–H and O–H groups in total. The van der Waals surface area contributed by atoms with Crippen LogP contribution in [0.15, 0.2) is 47.0 Å². The number of ketones is 1. The average molecular weight is 378 g/mol. The van der Waals surface area contributed by atoms with Crippen LogP contribution in [0.3, 0.4) is 0 Å². The number of hydrogen-bond donors (Lipinski definition) is 2. The number of rotatable bonds is 4. The van der Waals surface area contributed by atoms with E-state index in [0.717, 1.165) is 0 Å². The second kappa shape index (κ2) is 6.54. The number of phenols is 1. The zero-order chi connectivity index (χ0) is 18.3. The highest BCUT2D eigenvalue weighted by atomic mass is 35.5. The molecule has 0 aliphatic carbocycles. The van der Waals surface area contributed by atoms with E-state index in [2.05, 4.69) is 0 Å². The van der Waals surface area contributed by atoms with Crippen LogP contribution >= 0.6 is 22.9 Å². The van der Waals surface area contributed by atoms with Gasteiger partial charge in [-0.05, 0) is 29.6 Å². The predicted molar refractivity (Wildman–Crippen MR) is 97.2 cm³/mol. The summed E-state index contributed by atoms with van der Waals surface area (Å²) in [6.07, 6.45) is 0. The number of anilines is 1. The molecule has 1 aliphatic heterocycles.